The molecule has 0 aromatic heterocycles. The fourth-order valence-corrected chi connectivity index (χ4v) is 2.05. The van der Waals surface area contributed by atoms with Gasteiger partial charge in [-0.15, -0.1) is 0 Å². The molecule has 2 N–H and O–H groups in total. The minimum atomic E-state index is 0.0175. The lowest BCUT2D eigenvalue weighted by Crippen LogP contribution is -2.36. The summed E-state index contributed by atoms with van der Waals surface area (Å²) >= 11 is 0. The van der Waals surface area contributed by atoms with Crippen LogP contribution in [-0.2, 0) is 4.79 Å². The zero-order valence-electron chi connectivity index (χ0n) is 11.4. The van der Waals surface area contributed by atoms with Crippen LogP contribution in [0.2, 0.25) is 0 Å². The zero-order valence-corrected chi connectivity index (χ0v) is 11.4. The molecule has 0 saturated heterocycles. The number of hydrogen-bond donors (Lipinski definition) is 1. The maximum absolute atomic E-state index is 12.0. The van der Waals surface area contributed by atoms with Crippen LogP contribution >= 0.6 is 0 Å². The second-order valence-electron chi connectivity index (χ2n) is 4.61. The number of ether oxygens (including phenoxy) is 2. The summed E-state index contributed by atoms with van der Waals surface area (Å²) < 4.78 is 10.7. The molecule has 0 unspecified atom stereocenters. The summed E-state index contributed by atoms with van der Waals surface area (Å²) in [6.45, 7) is 2.75. The highest BCUT2D eigenvalue weighted by molar-refractivity contribution is 5.78. The Labute approximate surface area is 113 Å². The first-order valence-electron chi connectivity index (χ1n) is 6.51. The number of anilines is 1. The number of hydrogen-bond acceptors (Lipinski definition) is 4. The van der Waals surface area contributed by atoms with E-state index in [4.69, 9.17) is 15.2 Å². The van der Waals surface area contributed by atoms with E-state index in [1.54, 1.807) is 25.3 Å². The summed E-state index contributed by atoms with van der Waals surface area (Å²) in [7, 11) is 1.55. The van der Waals surface area contributed by atoms with E-state index in [0.29, 0.717) is 23.2 Å². The highest BCUT2D eigenvalue weighted by Crippen LogP contribution is 2.30. The quantitative estimate of drug-likeness (QED) is 0.794. The highest BCUT2D eigenvalue weighted by Gasteiger charge is 2.31. The van der Waals surface area contributed by atoms with Gasteiger partial charge in [0, 0.05) is 24.3 Å². The predicted molar refractivity (Wildman–Crippen MR) is 73.3 cm³/mol. The van der Waals surface area contributed by atoms with Crippen LogP contribution in [-0.4, -0.2) is 37.1 Å². The SMILES string of the molecule is CCN(C(=O)COc1ccc(N)cc1OC)C1CC1. The number of likely N-dealkylation sites (N-methyl/N-ethyl adjacent to an activating group) is 1. The molecule has 1 aromatic carbocycles. The van der Waals surface area contributed by atoms with Gasteiger partial charge < -0.3 is 20.1 Å². The summed E-state index contributed by atoms with van der Waals surface area (Å²) in [5.41, 5.74) is 6.27. The molecule has 0 bridgehead atoms. The van der Waals surface area contributed by atoms with Crippen LogP contribution in [0.25, 0.3) is 0 Å². The first-order valence-corrected chi connectivity index (χ1v) is 6.51. The third-order valence-electron chi connectivity index (χ3n) is 3.19. The number of rotatable bonds is 6. The molecule has 1 amide bonds. The lowest BCUT2D eigenvalue weighted by molar-refractivity contribution is -0.133. The van der Waals surface area contributed by atoms with Crippen molar-refractivity contribution in [3.05, 3.63) is 18.2 Å². The van der Waals surface area contributed by atoms with Gasteiger partial charge in [0.15, 0.2) is 18.1 Å². The Bertz CT molecular complexity index is 458. The van der Waals surface area contributed by atoms with Crippen LogP contribution in [0.3, 0.4) is 0 Å². The van der Waals surface area contributed by atoms with E-state index < -0.39 is 0 Å². The minimum absolute atomic E-state index is 0.0175. The molecule has 104 valence electrons. The number of nitrogens with zero attached hydrogens (tertiary/aromatic N) is 1. The fourth-order valence-electron chi connectivity index (χ4n) is 2.05. The lowest BCUT2D eigenvalue weighted by Gasteiger charge is -2.20. The van der Waals surface area contributed by atoms with Crippen LogP contribution in [0.4, 0.5) is 5.69 Å². The van der Waals surface area contributed by atoms with E-state index >= 15 is 0 Å². The molecule has 19 heavy (non-hydrogen) atoms. The molecule has 1 aromatic rings. The number of nitrogen functional groups attached to an aromatic ring is 1. The van der Waals surface area contributed by atoms with Crippen LogP contribution in [0.15, 0.2) is 18.2 Å². The van der Waals surface area contributed by atoms with Gasteiger partial charge in [0.05, 0.1) is 7.11 Å². The van der Waals surface area contributed by atoms with E-state index in [1.165, 1.54) is 0 Å². The van der Waals surface area contributed by atoms with E-state index in [2.05, 4.69) is 0 Å². The molecule has 2 rings (SSSR count). The molecule has 0 heterocycles. The molecule has 0 spiro atoms. The van der Waals surface area contributed by atoms with Gasteiger partial charge >= 0.3 is 0 Å². The molecular weight excluding hydrogens is 244 g/mol. The third-order valence-corrected chi connectivity index (χ3v) is 3.19. The van der Waals surface area contributed by atoms with Gasteiger partial charge in [-0.3, -0.25) is 4.79 Å². The van der Waals surface area contributed by atoms with Crippen molar-refractivity contribution >= 4 is 11.6 Å². The van der Waals surface area contributed by atoms with Gasteiger partial charge in [-0.25, -0.2) is 0 Å². The molecule has 0 atom stereocenters. The fraction of sp³-hybridized carbons (Fsp3) is 0.500. The van der Waals surface area contributed by atoms with Crippen molar-refractivity contribution < 1.29 is 14.3 Å². The molecular formula is C14H20N2O3. The maximum Gasteiger partial charge on any atom is 0.260 e. The molecule has 0 radical (unpaired) electrons. The molecule has 1 saturated carbocycles. The molecule has 1 aliphatic rings. The summed E-state index contributed by atoms with van der Waals surface area (Å²) in [5.74, 6) is 1.10. The molecule has 1 aliphatic carbocycles. The highest BCUT2D eigenvalue weighted by atomic mass is 16.5. The Balaban J connectivity index is 1.96. The van der Waals surface area contributed by atoms with Gasteiger partial charge in [-0.05, 0) is 31.9 Å². The van der Waals surface area contributed by atoms with E-state index in [1.807, 2.05) is 11.8 Å². The second-order valence-corrected chi connectivity index (χ2v) is 4.61. The smallest absolute Gasteiger partial charge is 0.260 e. The second kappa shape index (κ2) is 5.82. The number of carbonyl (C=O) groups excluding carboxylic acids is 1. The van der Waals surface area contributed by atoms with E-state index in [-0.39, 0.29) is 12.5 Å². The van der Waals surface area contributed by atoms with Gasteiger partial charge in [0.1, 0.15) is 0 Å². The van der Waals surface area contributed by atoms with Crippen molar-refractivity contribution in [3.63, 3.8) is 0 Å². The standard InChI is InChI=1S/C14H20N2O3/c1-3-16(11-5-6-11)14(17)9-19-12-7-4-10(15)8-13(12)18-2/h4,7-8,11H,3,5-6,9,15H2,1-2H3. The number of carbonyl (C=O) groups is 1. The number of methoxy groups -OCH3 is 1. The van der Waals surface area contributed by atoms with Crippen molar-refractivity contribution in [2.24, 2.45) is 0 Å². The van der Waals surface area contributed by atoms with Gasteiger partial charge in [-0.1, -0.05) is 0 Å². The van der Waals surface area contributed by atoms with Gasteiger partial charge in [-0.2, -0.15) is 0 Å². The average Bonchev–Trinajstić information content (AvgIpc) is 3.22. The first kappa shape index (κ1) is 13.5. The Morgan fingerprint density at radius 1 is 1.42 bits per heavy atom. The first-order chi connectivity index (χ1) is 9.15. The summed E-state index contributed by atoms with van der Waals surface area (Å²) in [6, 6.07) is 5.53. The minimum Gasteiger partial charge on any atom is -0.493 e. The number of amides is 1. The topological polar surface area (TPSA) is 64.8 Å². The summed E-state index contributed by atoms with van der Waals surface area (Å²) in [4.78, 5) is 13.9. The van der Waals surface area contributed by atoms with E-state index in [9.17, 15) is 4.79 Å². The van der Waals surface area contributed by atoms with Crippen molar-refractivity contribution in [1.29, 1.82) is 0 Å². The van der Waals surface area contributed by atoms with Crippen molar-refractivity contribution in [2.45, 2.75) is 25.8 Å². The lowest BCUT2D eigenvalue weighted by atomic mass is 10.3. The van der Waals surface area contributed by atoms with E-state index in [0.717, 1.165) is 19.4 Å². The predicted octanol–water partition coefficient (Wildman–Crippen LogP) is 1.67. The molecule has 0 aliphatic heterocycles. The Morgan fingerprint density at radius 3 is 2.74 bits per heavy atom. The summed E-state index contributed by atoms with van der Waals surface area (Å²) in [6.07, 6.45) is 2.20. The van der Waals surface area contributed by atoms with Gasteiger partial charge in [0.2, 0.25) is 0 Å². The number of benzene rings is 1. The average molecular weight is 264 g/mol. The Morgan fingerprint density at radius 2 is 2.16 bits per heavy atom. The van der Waals surface area contributed by atoms with Crippen molar-refractivity contribution in [3.8, 4) is 11.5 Å². The molecule has 5 heteroatoms. The van der Waals surface area contributed by atoms with Crippen LogP contribution < -0.4 is 15.2 Å². The van der Waals surface area contributed by atoms with Crippen molar-refractivity contribution in [2.75, 3.05) is 26.0 Å². The Kier molecular flexibility index (Phi) is 4.14. The zero-order chi connectivity index (χ0) is 13.8. The normalized spacial score (nSPS) is 14.0. The molecule has 5 nitrogen and oxygen atoms in total. The number of nitrogens with two attached hydrogens (primary N) is 1. The van der Waals surface area contributed by atoms with Crippen LogP contribution in [0.5, 0.6) is 11.5 Å². The van der Waals surface area contributed by atoms with Crippen molar-refractivity contribution in [1.82, 2.24) is 4.90 Å². The maximum atomic E-state index is 12.0. The van der Waals surface area contributed by atoms with Crippen LogP contribution in [0.1, 0.15) is 19.8 Å². The largest absolute Gasteiger partial charge is 0.493 e. The molecule has 1 fully saturated rings. The van der Waals surface area contributed by atoms with Crippen LogP contribution in [0, 0.1) is 0 Å². The van der Waals surface area contributed by atoms with Gasteiger partial charge in [0.25, 0.3) is 5.91 Å². The summed E-state index contributed by atoms with van der Waals surface area (Å²) in [5, 5.41) is 0. The monoisotopic (exact) mass is 264 g/mol. The third kappa shape index (κ3) is 3.30. The Hall–Kier alpha value is -1.91.